The molecule has 0 heterocycles. The minimum Gasteiger partial charge on any atom is -0.206 e. The molecule has 0 atom stereocenters. The number of aryl methyl sites for hydroxylation is 1. The molecule has 0 amide bonds. The van der Waals surface area contributed by atoms with E-state index in [4.69, 9.17) is 5.26 Å². The van der Waals surface area contributed by atoms with Crippen molar-refractivity contribution in [2.24, 2.45) is 0 Å². The predicted molar refractivity (Wildman–Crippen MR) is 50.2 cm³/mol. The van der Waals surface area contributed by atoms with Gasteiger partial charge in [-0.05, 0) is 31.0 Å². The van der Waals surface area contributed by atoms with Gasteiger partial charge in [0.2, 0.25) is 0 Å². The minimum absolute atomic E-state index is 0.171. The maximum Gasteiger partial charge on any atom is 0.419 e. The first-order valence-electron chi connectivity index (χ1n) is 4.51. The SMILES string of the molecule is Cc1cc(C(F)(F)F)c(F)c(CC#N)c1C. The largest absolute Gasteiger partial charge is 0.419 e. The summed E-state index contributed by atoms with van der Waals surface area (Å²) in [6, 6.07) is 2.43. The summed E-state index contributed by atoms with van der Waals surface area (Å²) in [5.41, 5.74) is -0.748. The monoisotopic (exact) mass is 231 g/mol. The summed E-state index contributed by atoms with van der Waals surface area (Å²) in [5, 5.41) is 8.46. The van der Waals surface area contributed by atoms with Gasteiger partial charge in [-0.25, -0.2) is 4.39 Å². The molecule has 0 aliphatic heterocycles. The van der Waals surface area contributed by atoms with Crippen LogP contribution in [-0.4, -0.2) is 0 Å². The lowest BCUT2D eigenvalue weighted by atomic mass is 9.96. The molecule has 0 aromatic heterocycles. The molecule has 0 aliphatic carbocycles. The van der Waals surface area contributed by atoms with Gasteiger partial charge in [0.25, 0.3) is 0 Å². The van der Waals surface area contributed by atoms with E-state index in [1.54, 1.807) is 6.07 Å². The molecule has 0 spiro atoms. The van der Waals surface area contributed by atoms with Crippen molar-refractivity contribution in [2.75, 3.05) is 0 Å². The van der Waals surface area contributed by atoms with E-state index in [9.17, 15) is 17.6 Å². The Morgan fingerprint density at radius 1 is 1.31 bits per heavy atom. The van der Waals surface area contributed by atoms with Crippen LogP contribution in [0.5, 0.6) is 0 Å². The molecule has 0 radical (unpaired) electrons. The van der Waals surface area contributed by atoms with Gasteiger partial charge in [0.15, 0.2) is 0 Å². The zero-order valence-electron chi connectivity index (χ0n) is 8.74. The average Bonchev–Trinajstić information content (AvgIpc) is 2.16. The number of hydrogen-bond acceptors (Lipinski definition) is 1. The van der Waals surface area contributed by atoms with E-state index >= 15 is 0 Å². The highest BCUT2D eigenvalue weighted by atomic mass is 19.4. The van der Waals surface area contributed by atoms with E-state index in [2.05, 4.69) is 0 Å². The summed E-state index contributed by atoms with van der Waals surface area (Å²) in [6.45, 7) is 2.97. The molecule has 1 rings (SSSR count). The Labute approximate surface area is 90.3 Å². The van der Waals surface area contributed by atoms with E-state index in [1.165, 1.54) is 13.8 Å². The van der Waals surface area contributed by atoms with Gasteiger partial charge in [-0.1, -0.05) is 0 Å². The first-order valence-corrected chi connectivity index (χ1v) is 4.51. The summed E-state index contributed by atoms with van der Waals surface area (Å²) < 4.78 is 50.9. The van der Waals surface area contributed by atoms with Gasteiger partial charge >= 0.3 is 6.18 Å². The van der Waals surface area contributed by atoms with Crippen molar-refractivity contribution in [3.8, 4) is 6.07 Å². The van der Waals surface area contributed by atoms with Crippen LogP contribution in [0.2, 0.25) is 0 Å². The number of benzene rings is 1. The molecular weight excluding hydrogens is 222 g/mol. The lowest BCUT2D eigenvalue weighted by Crippen LogP contribution is -2.12. The fourth-order valence-corrected chi connectivity index (χ4v) is 1.45. The number of rotatable bonds is 1. The van der Waals surface area contributed by atoms with E-state index in [0.717, 1.165) is 6.07 Å². The first kappa shape index (κ1) is 12.5. The fraction of sp³-hybridized carbons (Fsp3) is 0.364. The normalized spacial score (nSPS) is 11.3. The second-order valence-electron chi connectivity index (χ2n) is 3.49. The van der Waals surface area contributed by atoms with Gasteiger partial charge in [-0.15, -0.1) is 0 Å². The predicted octanol–water partition coefficient (Wildman–Crippen LogP) is 3.53. The Bertz CT molecular complexity index is 455. The molecule has 1 aromatic carbocycles. The first-order chi connectivity index (χ1) is 7.29. The van der Waals surface area contributed by atoms with Gasteiger partial charge < -0.3 is 0 Å². The van der Waals surface area contributed by atoms with Crippen molar-refractivity contribution in [2.45, 2.75) is 26.4 Å². The molecule has 0 aliphatic rings. The average molecular weight is 231 g/mol. The molecular formula is C11H9F4N. The highest BCUT2D eigenvalue weighted by molar-refractivity contribution is 5.41. The Morgan fingerprint density at radius 3 is 2.31 bits per heavy atom. The van der Waals surface area contributed by atoms with E-state index in [-0.39, 0.29) is 12.0 Å². The van der Waals surface area contributed by atoms with Gasteiger partial charge in [-0.3, -0.25) is 0 Å². The maximum atomic E-state index is 13.5. The molecule has 0 fully saturated rings. The summed E-state index contributed by atoms with van der Waals surface area (Å²) in [4.78, 5) is 0. The number of hydrogen-bond donors (Lipinski definition) is 0. The van der Waals surface area contributed by atoms with Crippen LogP contribution in [0.1, 0.15) is 22.3 Å². The van der Waals surface area contributed by atoms with Gasteiger partial charge in [0, 0.05) is 5.56 Å². The third-order valence-corrected chi connectivity index (χ3v) is 2.47. The van der Waals surface area contributed by atoms with Crippen LogP contribution in [0.15, 0.2) is 6.07 Å². The fourth-order valence-electron chi connectivity index (χ4n) is 1.45. The van der Waals surface area contributed by atoms with E-state index in [1.807, 2.05) is 0 Å². The van der Waals surface area contributed by atoms with E-state index < -0.39 is 17.6 Å². The molecule has 0 unspecified atom stereocenters. The standard InChI is InChI=1S/C11H9F4N/c1-6-5-9(11(13,14)15)10(12)8(3-4-16)7(6)2/h5H,3H2,1-2H3. The molecule has 0 N–H and O–H groups in total. The zero-order chi connectivity index (χ0) is 12.5. The topological polar surface area (TPSA) is 23.8 Å². The lowest BCUT2D eigenvalue weighted by Gasteiger charge is -2.14. The van der Waals surface area contributed by atoms with Gasteiger partial charge in [-0.2, -0.15) is 18.4 Å². The van der Waals surface area contributed by atoms with Gasteiger partial charge in [0.05, 0.1) is 18.1 Å². The highest BCUT2D eigenvalue weighted by Gasteiger charge is 2.35. The van der Waals surface area contributed by atoms with Crippen molar-refractivity contribution in [3.05, 3.63) is 34.1 Å². The number of nitriles is 1. The Hall–Kier alpha value is -1.57. The molecule has 16 heavy (non-hydrogen) atoms. The van der Waals surface area contributed by atoms with Crippen molar-refractivity contribution in [1.82, 2.24) is 0 Å². The van der Waals surface area contributed by atoms with Crippen LogP contribution in [0.4, 0.5) is 17.6 Å². The van der Waals surface area contributed by atoms with Crippen LogP contribution in [0.25, 0.3) is 0 Å². The summed E-state index contributed by atoms with van der Waals surface area (Å²) in [5.74, 6) is -1.34. The van der Waals surface area contributed by atoms with Crippen LogP contribution >= 0.6 is 0 Å². The van der Waals surface area contributed by atoms with E-state index in [0.29, 0.717) is 11.1 Å². The van der Waals surface area contributed by atoms with Crippen LogP contribution in [0, 0.1) is 31.0 Å². The Kier molecular flexibility index (Phi) is 3.22. The Balaban J connectivity index is 3.52. The maximum absolute atomic E-state index is 13.5. The molecule has 0 saturated carbocycles. The summed E-state index contributed by atoms with van der Waals surface area (Å²) >= 11 is 0. The number of halogens is 4. The third kappa shape index (κ3) is 2.16. The molecule has 0 saturated heterocycles. The molecule has 0 bridgehead atoms. The second-order valence-corrected chi connectivity index (χ2v) is 3.49. The van der Waals surface area contributed by atoms with Gasteiger partial charge in [0.1, 0.15) is 5.82 Å². The van der Waals surface area contributed by atoms with Crippen LogP contribution in [-0.2, 0) is 12.6 Å². The number of nitrogens with zero attached hydrogens (tertiary/aromatic N) is 1. The minimum atomic E-state index is -4.73. The number of alkyl halides is 3. The van der Waals surface area contributed by atoms with Crippen molar-refractivity contribution < 1.29 is 17.6 Å². The van der Waals surface area contributed by atoms with Crippen molar-refractivity contribution >= 4 is 0 Å². The summed E-state index contributed by atoms with van der Waals surface area (Å²) in [6.07, 6.45) is -5.09. The summed E-state index contributed by atoms with van der Waals surface area (Å²) in [7, 11) is 0. The lowest BCUT2D eigenvalue weighted by molar-refractivity contribution is -0.140. The van der Waals surface area contributed by atoms with Crippen LogP contribution in [0.3, 0.4) is 0 Å². The highest BCUT2D eigenvalue weighted by Crippen LogP contribution is 2.34. The quantitative estimate of drug-likeness (QED) is 0.678. The molecule has 1 aromatic rings. The van der Waals surface area contributed by atoms with Crippen molar-refractivity contribution in [1.29, 1.82) is 5.26 Å². The Morgan fingerprint density at radius 2 is 1.88 bits per heavy atom. The molecule has 86 valence electrons. The molecule has 1 nitrogen and oxygen atoms in total. The smallest absolute Gasteiger partial charge is 0.206 e. The molecule has 5 heteroatoms. The van der Waals surface area contributed by atoms with Crippen molar-refractivity contribution in [3.63, 3.8) is 0 Å². The van der Waals surface area contributed by atoms with Crippen LogP contribution < -0.4 is 0 Å². The second kappa shape index (κ2) is 4.12. The zero-order valence-corrected chi connectivity index (χ0v) is 8.74. The third-order valence-electron chi connectivity index (χ3n) is 2.47.